The van der Waals surface area contributed by atoms with Crippen molar-refractivity contribution in [3.05, 3.63) is 76.6 Å². The maximum absolute atomic E-state index is 12.9. The van der Waals surface area contributed by atoms with Crippen LogP contribution in [0.3, 0.4) is 0 Å². The molecule has 1 aliphatic rings. The van der Waals surface area contributed by atoms with Gasteiger partial charge in [0.1, 0.15) is 0 Å². The Balaban J connectivity index is 1.43. The first kappa shape index (κ1) is 18.6. The topological polar surface area (TPSA) is 41.4 Å². The second-order valence-electron chi connectivity index (χ2n) is 7.12. The van der Waals surface area contributed by atoms with Crippen LogP contribution in [-0.4, -0.2) is 46.8 Å². The fourth-order valence-electron chi connectivity index (χ4n) is 3.68. The van der Waals surface area contributed by atoms with E-state index in [4.69, 9.17) is 11.6 Å². The summed E-state index contributed by atoms with van der Waals surface area (Å²) in [6.45, 7) is 6.92. The minimum absolute atomic E-state index is 0.0683. The number of hydrogen-bond donors (Lipinski definition) is 0. The zero-order valence-electron chi connectivity index (χ0n) is 16.1. The molecule has 4 rings (SSSR count). The van der Waals surface area contributed by atoms with Crippen LogP contribution in [0.1, 0.15) is 21.7 Å². The molecule has 5 nitrogen and oxygen atoms in total. The SMILES string of the molecule is Cc1cc(C)n(-c2ccc(C(=O)N3CCN(c4ccccc4Cl)CC3)cc2)n1. The van der Waals surface area contributed by atoms with Crippen molar-refractivity contribution >= 4 is 23.2 Å². The van der Waals surface area contributed by atoms with Crippen molar-refractivity contribution in [2.45, 2.75) is 13.8 Å². The molecule has 3 aromatic rings. The molecule has 0 bridgehead atoms. The quantitative estimate of drug-likeness (QED) is 0.671. The van der Waals surface area contributed by atoms with Gasteiger partial charge in [-0.05, 0) is 56.3 Å². The van der Waals surface area contributed by atoms with Crippen LogP contribution in [0.4, 0.5) is 5.69 Å². The maximum atomic E-state index is 12.9. The largest absolute Gasteiger partial charge is 0.367 e. The van der Waals surface area contributed by atoms with Crippen molar-refractivity contribution in [3.63, 3.8) is 0 Å². The average molecular weight is 395 g/mol. The van der Waals surface area contributed by atoms with Crippen LogP contribution in [0.25, 0.3) is 5.69 Å². The van der Waals surface area contributed by atoms with Gasteiger partial charge in [-0.2, -0.15) is 5.10 Å². The van der Waals surface area contributed by atoms with Crippen molar-refractivity contribution in [3.8, 4) is 5.69 Å². The van der Waals surface area contributed by atoms with E-state index in [1.54, 1.807) is 0 Å². The molecule has 1 fully saturated rings. The number of amides is 1. The number of piperazine rings is 1. The zero-order valence-corrected chi connectivity index (χ0v) is 16.9. The Morgan fingerprint density at radius 2 is 1.64 bits per heavy atom. The molecule has 0 spiro atoms. The van der Waals surface area contributed by atoms with E-state index >= 15 is 0 Å². The first-order valence-electron chi connectivity index (χ1n) is 9.45. The van der Waals surface area contributed by atoms with E-state index in [0.717, 1.165) is 40.9 Å². The van der Waals surface area contributed by atoms with Crippen molar-refractivity contribution in [1.82, 2.24) is 14.7 Å². The van der Waals surface area contributed by atoms with Crippen LogP contribution >= 0.6 is 11.6 Å². The Bertz CT molecular complexity index is 988. The van der Waals surface area contributed by atoms with Crippen LogP contribution in [0.15, 0.2) is 54.6 Å². The molecule has 0 N–H and O–H groups in total. The minimum atomic E-state index is 0.0683. The summed E-state index contributed by atoms with van der Waals surface area (Å²) in [5.74, 6) is 0.0683. The van der Waals surface area contributed by atoms with Gasteiger partial charge in [0.15, 0.2) is 0 Å². The highest BCUT2D eigenvalue weighted by molar-refractivity contribution is 6.33. The molecule has 1 aliphatic heterocycles. The van der Waals surface area contributed by atoms with E-state index in [1.807, 2.05) is 78.0 Å². The lowest BCUT2D eigenvalue weighted by molar-refractivity contribution is 0.0747. The summed E-state index contributed by atoms with van der Waals surface area (Å²) in [5.41, 5.74) is 4.76. The Kier molecular flexibility index (Phi) is 5.09. The molecular weight excluding hydrogens is 372 g/mol. The van der Waals surface area contributed by atoms with Crippen molar-refractivity contribution < 1.29 is 4.79 Å². The Labute approximate surface area is 170 Å². The number of benzene rings is 2. The van der Waals surface area contributed by atoms with E-state index in [2.05, 4.69) is 10.00 Å². The number of nitrogens with zero attached hydrogens (tertiary/aromatic N) is 4. The summed E-state index contributed by atoms with van der Waals surface area (Å²) < 4.78 is 1.89. The van der Waals surface area contributed by atoms with Crippen molar-refractivity contribution in [2.24, 2.45) is 0 Å². The van der Waals surface area contributed by atoms with Crippen LogP contribution in [0.2, 0.25) is 5.02 Å². The minimum Gasteiger partial charge on any atom is -0.367 e. The van der Waals surface area contributed by atoms with Crippen LogP contribution in [0, 0.1) is 13.8 Å². The predicted octanol–water partition coefficient (Wildman–Crippen LogP) is 4.10. The third-order valence-corrected chi connectivity index (χ3v) is 5.45. The Morgan fingerprint density at radius 1 is 0.964 bits per heavy atom. The van der Waals surface area contributed by atoms with Crippen LogP contribution < -0.4 is 4.90 Å². The number of para-hydroxylation sites is 1. The monoisotopic (exact) mass is 394 g/mol. The third-order valence-electron chi connectivity index (χ3n) is 5.13. The van der Waals surface area contributed by atoms with Gasteiger partial charge in [-0.1, -0.05) is 23.7 Å². The summed E-state index contributed by atoms with van der Waals surface area (Å²) in [6, 6.07) is 17.6. The molecule has 0 atom stereocenters. The normalized spacial score (nSPS) is 14.4. The third kappa shape index (κ3) is 3.62. The number of rotatable bonds is 3. The highest BCUT2D eigenvalue weighted by atomic mass is 35.5. The molecule has 144 valence electrons. The van der Waals surface area contributed by atoms with Gasteiger partial charge in [-0.25, -0.2) is 4.68 Å². The standard InChI is InChI=1S/C22H23ClN4O/c1-16-15-17(2)27(24-16)19-9-7-18(8-10-19)22(28)26-13-11-25(12-14-26)21-6-4-3-5-20(21)23/h3-10,15H,11-14H2,1-2H3. The van der Waals surface area contributed by atoms with Gasteiger partial charge >= 0.3 is 0 Å². The summed E-state index contributed by atoms with van der Waals surface area (Å²) in [5, 5.41) is 5.25. The second kappa shape index (κ2) is 7.68. The average Bonchev–Trinajstić information content (AvgIpc) is 3.06. The first-order valence-corrected chi connectivity index (χ1v) is 9.83. The number of carbonyl (C=O) groups is 1. The first-order chi connectivity index (χ1) is 13.5. The Hall–Kier alpha value is -2.79. The number of halogens is 1. The molecule has 1 saturated heterocycles. The van der Waals surface area contributed by atoms with Crippen LogP contribution in [0.5, 0.6) is 0 Å². The highest BCUT2D eigenvalue weighted by Crippen LogP contribution is 2.26. The van der Waals surface area contributed by atoms with Gasteiger partial charge in [-0.3, -0.25) is 4.79 Å². The molecule has 0 saturated carbocycles. The Morgan fingerprint density at radius 3 is 2.25 bits per heavy atom. The number of aryl methyl sites for hydroxylation is 2. The fraction of sp³-hybridized carbons (Fsp3) is 0.273. The number of hydrogen-bond acceptors (Lipinski definition) is 3. The van der Waals surface area contributed by atoms with Crippen molar-refractivity contribution in [2.75, 3.05) is 31.1 Å². The molecule has 2 heterocycles. The molecule has 0 aliphatic carbocycles. The lowest BCUT2D eigenvalue weighted by atomic mass is 10.1. The zero-order chi connectivity index (χ0) is 19.7. The van der Waals surface area contributed by atoms with Gasteiger partial charge in [0, 0.05) is 37.4 Å². The van der Waals surface area contributed by atoms with Gasteiger partial charge in [0.2, 0.25) is 0 Å². The number of anilines is 1. The van der Waals surface area contributed by atoms with Gasteiger partial charge in [-0.15, -0.1) is 0 Å². The molecule has 6 heteroatoms. The summed E-state index contributed by atoms with van der Waals surface area (Å²) in [6.07, 6.45) is 0. The fourth-order valence-corrected chi connectivity index (χ4v) is 3.93. The predicted molar refractivity (Wildman–Crippen MR) is 113 cm³/mol. The van der Waals surface area contributed by atoms with Gasteiger partial charge < -0.3 is 9.80 Å². The molecule has 0 unspecified atom stereocenters. The van der Waals surface area contributed by atoms with E-state index in [-0.39, 0.29) is 5.91 Å². The lowest BCUT2D eigenvalue weighted by Gasteiger charge is -2.36. The van der Waals surface area contributed by atoms with Gasteiger partial charge in [0.05, 0.1) is 22.1 Å². The van der Waals surface area contributed by atoms with Crippen molar-refractivity contribution in [1.29, 1.82) is 0 Å². The smallest absolute Gasteiger partial charge is 0.253 e. The molecule has 28 heavy (non-hydrogen) atoms. The van der Waals surface area contributed by atoms with E-state index in [0.29, 0.717) is 18.7 Å². The van der Waals surface area contributed by atoms with E-state index < -0.39 is 0 Å². The summed E-state index contributed by atoms with van der Waals surface area (Å²) >= 11 is 6.30. The van der Waals surface area contributed by atoms with Gasteiger partial charge in [0.25, 0.3) is 5.91 Å². The molecule has 1 aromatic heterocycles. The second-order valence-corrected chi connectivity index (χ2v) is 7.52. The molecule has 0 radical (unpaired) electrons. The summed E-state index contributed by atoms with van der Waals surface area (Å²) in [7, 11) is 0. The highest BCUT2D eigenvalue weighted by Gasteiger charge is 2.23. The molecule has 2 aromatic carbocycles. The number of carbonyl (C=O) groups excluding carboxylic acids is 1. The molecule has 1 amide bonds. The molecular formula is C22H23ClN4O. The lowest BCUT2D eigenvalue weighted by Crippen LogP contribution is -2.48. The van der Waals surface area contributed by atoms with E-state index in [9.17, 15) is 4.79 Å². The summed E-state index contributed by atoms with van der Waals surface area (Å²) in [4.78, 5) is 17.0. The van der Waals surface area contributed by atoms with E-state index in [1.165, 1.54) is 0 Å². The number of aromatic nitrogens is 2. The maximum Gasteiger partial charge on any atom is 0.253 e. The van der Waals surface area contributed by atoms with Crippen LogP contribution in [-0.2, 0) is 0 Å².